The van der Waals surface area contributed by atoms with Crippen molar-refractivity contribution in [1.82, 2.24) is 9.88 Å². The Balaban J connectivity index is 1.76. The van der Waals surface area contributed by atoms with E-state index in [4.69, 9.17) is 17.3 Å². The van der Waals surface area contributed by atoms with Crippen molar-refractivity contribution < 1.29 is 0 Å². The number of nitrogens with zero attached hydrogens (tertiary/aromatic N) is 1. The Hall–Kier alpha value is -1.03. The summed E-state index contributed by atoms with van der Waals surface area (Å²) < 4.78 is 0. The zero-order chi connectivity index (χ0) is 14.1. The van der Waals surface area contributed by atoms with Gasteiger partial charge in [0, 0.05) is 41.3 Å². The molecular formula is C16H22ClN3. The largest absolute Gasteiger partial charge is 0.361 e. The van der Waals surface area contributed by atoms with Gasteiger partial charge in [-0.05, 0) is 36.6 Å². The van der Waals surface area contributed by atoms with Crippen LogP contribution in [0.2, 0.25) is 5.02 Å². The van der Waals surface area contributed by atoms with Crippen molar-refractivity contribution in [1.29, 1.82) is 0 Å². The number of rotatable bonds is 3. The van der Waals surface area contributed by atoms with Crippen molar-refractivity contribution in [3.05, 3.63) is 35.0 Å². The fourth-order valence-corrected chi connectivity index (χ4v) is 3.40. The Morgan fingerprint density at radius 3 is 3.10 bits per heavy atom. The topological polar surface area (TPSA) is 45.0 Å². The van der Waals surface area contributed by atoms with Crippen molar-refractivity contribution in [2.75, 3.05) is 13.1 Å². The minimum atomic E-state index is 0.373. The van der Waals surface area contributed by atoms with Crippen molar-refractivity contribution in [2.45, 2.75) is 32.4 Å². The van der Waals surface area contributed by atoms with Gasteiger partial charge in [-0.15, -0.1) is 0 Å². The quantitative estimate of drug-likeness (QED) is 0.910. The molecule has 2 unspecified atom stereocenters. The first-order valence-corrected chi connectivity index (χ1v) is 7.78. The van der Waals surface area contributed by atoms with Crippen LogP contribution in [0.3, 0.4) is 0 Å². The molecule has 4 heteroatoms. The van der Waals surface area contributed by atoms with Crippen LogP contribution < -0.4 is 5.73 Å². The molecule has 0 bridgehead atoms. The predicted molar refractivity (Wildman–Crippen MR) is 85.0 cm³/mol. The summed E-state index contributed by atoms with van der Waals surface area (Å²) in [5.41, 5.74) is 8.65. The maximum Gasteiger partial charge on any atom is 0.0472 e. The molecule has 1 aromatic carbocycles. The number of hydrogen-bond acceptors (Lipinski definition) is 2. The predicted octanol–water partition coefficient (Wildman–Crippen LogP) is 3.38. The fraction of sp³-hybridized carbons (Fsp3) is 0.500. The Bertz CT molecular complexity index is 592. The van der Waals surface area contributed by atoms with Gasteiger partial charge in [0.05, 0.1) is 0 Å². The van der Waals surface area contributed by atoms with Crippen LogP contribution in [0.5, 0.6) is 0 Å². The standard InChI is InChI=1S/C16H22ClN3/c1-2-11-9-20(6-5-15(11)18)10-12-8-19-16-7-13(17)3-4-14(12)16/h3-4,7-8,11,15,19H,2,5-6,9-10,18H2,1H3. The summed E-state index contributed by atoms with van der Waals surface area (Å²) in [7, 11) is 0. The lowest BCUT2D eigenvalue weighted by molar-refractivity contribution is 0.146. The highest BCUT2D eigenvalue weighted by molar-refractivity contribution is 6.31. The summed E-state index contributed by atoms with van der Waals surface area (Å²) in [5.74, 6) is 0.628. The summed E-state index contributed by atoms with van der Waals surface area (Å²) in [6.45, 7) is 5.43. The van der Waals surface area contributed by atoms with Crippen LogP contribution in [0.4, 0.5) is 0 Å². The SMILES string of the molecule is CCC1CN(Cc2c[nH]c3cc(Cl)ccc23)CCC1N. The lowest BCUT2D eigenvalue weighted by Gasteiger charge is -2.36. The fourth-order valence-electron chi connectivity index (χ4n) is 3.23. The molecular weight excluding hydrogens is 270 g/mol. The van der Waals surface area contributed by atoms with Crippen molar-refractivity contribution in [2.24, 2.45) is 11.7 Å². The highest BCUT2D eigenvalue weighted by Gasteiger charge is 2.25. The van der Waals surface area contributed by atoms with Gasteiger partial charge < -0.3 is 10.7 Å². The molecule has 1 aliphatic rings. The lowest BCUT2D eigenvalue weighted by atomic mass is 9.90. The number of fused-ring (bicyclic) bond motifs is 1. The molecule has 20 heavy (non-hydrogen) atoms. The van der Waals surface area contributed by atoms with E-state index in [-0.39, 0.29) is 0 Å². The van der Waals surface area contributed by atoms with E-state index in [0.717, 1.165) is 36.6 Å². The molecule has 3 nitrogen and oxygen atoms in total. The average Bonchev–Trinajstić information content (AvgIpc) is 2.83. The van der Waals surface area contributed by atoms with E-state index in [2.05, 4.69) is 29.1 Å². The number of halogens is 1. The molecule has 1 saturated heterocycles. The number of benzene rings is 1. The van der Waals surface area contributed by atoms with Gasteiger partial charge in [-0.3, -0.25) is 4.90 Å². The normalized spacial score (nSPS) is 24.4. The third-order valence-corrected chi connectivity index (χ3v) is 4.76. The van der Waals surface area contributed by atoms with Gasteiger partial charge in [0.1, 0.15) is 0 Å². The van der Waals surface area contributed by atoms with Gasteiger partial charge >= 0.3 is 0 Å². The molecule has 108 valence electrons. The number of H-pyrrole nitrogens is 1. The van der Waals surface area contributed by atoms with Crippen LogP contribution in [0.1, 0.15) is 25.3 Å². The minimum absolute atomic E-state index is 0.373. The second kappa shape index (κ2) is 5.76. The molecule has 1 aromatic heterocycles. The van der Waals surface area contributed by atoms with Gasteiger partial charge in [-0.1, -0.05) is 31.0 Å². The minimum Gasteiger partial charge on any atom is -0.361 e. The number of hydrogen-bond donors (Lipinski definition) is 2. The van der Waals surface area contributed by atoms with E-state index in [1.807, 2.05) is 12.1 Å². The van der Waals surface area contributed by atoms with Crippen LogP contribution in [-0.2, 0) is 6.54 Å². The smallest absolute Gasteiger partial charge is 0.0472 e. The van der Waals surface area contributed by atoms with E-state index in [9.17, 15) is 0 Å². The van der Waals surface area contributed by atoms with E-state index in [1.54, 1.807) is 0 Å². The van der Waals surface area contributed by atoms with Gasteiger partial charge in [0.25, 0.3) is 0 Å². The van der Waals surface area contributed by atoms with E-state index >= 15 is 0 Å². The van der Waals surface area contributed by atoms with E-state index < -0.39 is 0 Å². The summed E-state index contributed by atoms with van der Waals surface area (Å²) in [5, 5.41) is 2.05. The molecule has 3 N–H and O–H groups in total. The number of aromatic nitrogens is 1. The van der Waals surface area contributed by atoms with Crippen LogP contribution in [0.25, 0.3) is 10.9 Å². The molecule has 2 heterocycles. The monoisotopic (exact) mass is 291 g/mol. The van der Waals surface area contributed by atoms with Crippen molar-refractivity contribution in [3.8, 4) is 0 Å². The lowest BCUT2D eigenvalue weighted by Crippen LogP contribution is -2.46. The molecule has 2 atom stereocenters. The molecule has 1 aliphatic heterocycles. The first-order valence-electron chi connectivity index (χ1n) is 7.41. The molecule has 0 saturated carbocycles. The second-order valence-electron chi connectivity index (χ2n) is 5.86. The van der Waals surface area contributed by atoms with Gasteiger partial charge in [-0.2, -0.15) is 0 Å². The van der Waals surface area contributed by atoms with Crippen LogP contribution >= 0.6 is 11.6 Å². The summed E-state index contributed by atoms with van der Waals surface area (Å²) in [6.07, 6.45) is 4.38. The Morgan fingerprint density at radius 2 is 2.30 bits per heavy atom. The maximum atomic E-state index is 6.18. The maximum absolute atomic E-state index is 6.18. The van der Waals surface area contributed by atoms with Gasteiger partial charge in [0.2, 0.25) is 0 Å². The third kappa shape index (κ3) is 2.71. The summed E-state index contributed by atoms with van der Waals surface area (Å²) in [6, 6.07) is 6.43. The number of aromatic amines is 1. The molecule has 0 radical (unpaired) electrons. The van der Waals surface area contributed by atoms with Crippen LogP contribution in [-0.4, -0.2) is 29.0 Å². The zero-order valence-electron chi connectivity index (χ0n) is 11.9. The highest BCUT2D eigenvalue weighted by atomic mass is 35.5. The number of likely N-dealkylation sites (tertiary alicyclic amines) is 1. The van der Waals surface area contributed by atoms with Crippen LogP contribution in [0.15, 0.2) is 24.4 Å². The molecule has 1 fully saturated rings. The van der Waals surface area contributed by atoms with Crippen molar-refractivity contribution >= 4 is 22.5 Å². The van der Waals surface area contributed by atoms with E-state index in [1.165, 1.54) is 17.4 Å². The first-order chi connectivity index (χ1) is 9.67. The van der Waals surface area contributed by atoms with E-state index in [0.29, 0.717) is 12.0 Å². The summed E-state index contributed by atoms with van der Waals surface area (Å²) in [4.78, 5) is 5.84. The first kappa shape index (κ1) is 13.9. The molecule has 3 rings (SSSR count). The average molecular weight is 292 g/mol. The molecule has 0 aliphatic carbocycles. The molecule has 2 aromatic rings. The van der Waals surface area contributed by atoms with Gasteiger partial charge in [0.15, 0.2) is 0 Å². The number of nitrogens with one attached hydrogen (secondary N) is 1. The summed E-state index contributed by atoms with van der Waals surface area (Å²) >= 11 is 6.03. The van der Waals surface area contributed by atoms with Gasteiger partial charge in [-0.25, -0.2) is 0 Å². The Kier molecular flexibility index (Phi) is 4.01. The number of piperidine rings is 1. The zero-order valence-corrected chi connectivity index (χ0v) is 12.7. The number of nitrogens with two attached hydrogens (primary N) is 1. The third-order valence-electron chi connectivity index (χ3n) is 4.52. The van der Waals surface area contributed by atoms with Crippen LogP contribution in [0, 0.1) is 5.92 Å². The Labute approximate surface area is 125 Å². The molecule has 0 amide bonds. The highest BCUT2D eigenvalue weighted by Crippen LogP contribution is 2.25. The molecule has 0 spiro atoms. The Morgan fingerprint density at radius 1 is 1.45 bits per heavy atom. The second-order valence-corrected chi connectivity index (χ2v) is 6.30. The van der Waals surface area contributed by atoms with Crippen molar-refractivity contribution in [3.63, 3.8) is 0 Å².